The summed E-state index contributed by atoms with van der Waals surface area (Å²) in [5, 5.41) is 15.6. The molecular weight excluding hydrogens is 594 g/mol. The Hall–Kier alpha value is -4.93. The topological polar surface area (TPSA) is 142 Å². The van der Waals surface area contributed by atoms with E-state index in [4.69, 9.17) is 11.6 Å². The number of nitrogens with zero attached hydrogens (tertiary/aromatic N) is 3. The van der Waals surface area contributed by atoms with Crippen molar-refractivity contribution < 1.29 is 24.3 Å². The monoisotopic (exact) mass is 625 g/mol. The zero-order valence-corrected chi connectivity index (χ0v) is 25.6. The number of aliphatic carboxylic acids is 1. The number of piperidine rings is 1. The zero-order valence-electron chi connectivity index (χ0n) is 24.8. The van der Waals surface area contributed by atoms with Crippen LogP contribution in [0.3, 0.4) is 0 Å². The number of carboxylic acids is 1. The third-order valence-corrected chi connectivity index (χ3v) is 8.41. The Labute approximate surface area is 265 Å². The Balaban J connectivity index is 1.32. The molecule has 0 radical (unpaired) electrons. The highest BCUT2D eigenvalue weighted by Crippen LogP contribution is 2.37. The van der Waals surface area contributed by atoms with Gasteiger partial charge in [0.1, 0.15) is 17.4 Å². The van der Waals surface area contributed by atoms with Gasteiger partial charge in [-0.1, -0.05) is 42.3 Å². The number of carbonyl (C=O) groups excluding carboxylic acids is 3. The van der Waals surface area contributed by atoms with Gasteiger partial charge in [-0.05, 0) is 85.8 Å². The van der Waals surface area contributed by atoms with Gasteiger partial charge in [0.25, 0.3) is 11.8 Å². The number of benzene rings is 2. The molecule has 1 fully saturated rings. The lowest BCUT2D eigenvalue weighted by atomic mass is 9.98. The number of carbonyl (C=O) groups is 4. The van der Waals surface area contributed by atoms with Gasteiger partial charge in [-0.2, -0.15) is 0 Å². The lowest BCUT2D eigenvalue weighted by Gasteiger charge is -2.33. The molecule has 0 bridgehead atoms. The van der Waals surface area contributed by atoms with Crippen molar-refractivity contribution in [1.82, 2.24) is 14.9 Å². The smallest absolute Gasteiger partial charge is 0.320 e. The quantitative estimate of drug-likeness (QED) is 0.188. The van der Waals surface area contributed by atoms with E-state index in [2.05, 4.69) is 20.6 Å². The van der Waals surface area contributed by atoms with Crippen LogP contribution in [0.5, 0.6) is 0 Å². The predicted molar refractivity (Wildman–Crippen MR) is 172 cm³/mol. The van der Waals surface area contributed by atoms with Gasteiger partial charge in [0.15, 0.2) is 6.29 Å². The number of rotatable bonds is 9. The molecule has 0 spiro atoms. The first-order valence-corrected chi connectivity index (χ1v) is 14.9. The van der Waals surface area contributed by atoms with E-state index in [1.807, 2.05) is 30.9 Å². The Morgan fingerprint density at radius 1 is 0.933 bits per heavy atom. The van der Waals surface area contributed by atoms with Crippen LogP contribution in [-0.2, 0) is 11.3 Å². The second kappa shape index (κ2) is 13.8. The van der Waals surface area contributed by atoms with E-state index < -0.39 is 17.9 Å². The first kappa shape index (κ1) is 31.5. The van der Waals surface area contributed by atoms with Crippen LogP contribution in [0, 0.1) is 13.8 Å². The number of aryl methyl sites for hydroxylation is 1. The summed E-state index contributed by atoms with van der Waals surface area (Å²) in [6.07, 6.45) is 6.09. The number of nitrogens with one attached hydrogen (secondary N) is 2. The average molecular weight is 626 g/mol. The van der Waals surface area contributed by atoms with Gasteiger partial charge >= 0.3 is 5.97 Å². The van der Waals surface area contributed by atoms with Crippen molar-refractivity contribution in [2.75, 3.05) is 17.2 Å². The third-order valence-electron chi connectivity index (χ3n) is 8.00. The molecule has 230 valence electrons. The average Bonchev–Trinajstić information content (AvgIpc) is 3.04. The predicted octanol–water partition coefficient (Wildman–Crippen LogP) is 6.17. The van der Waals surface area contributed by atoms with E-state index in [0.717, 1.165) is 35.1 Å². The Kier molecular flexibility index (Phi) is 9.65. The summed E-state index contributed by atoms with van der Waals surface area (Å²) in [4.78, 5) is 59.0. The molecule has 1 saturated heterocycles. The lowest BCUT2D eigenvalue weighted by Crippen LogP contribution is -2.44. The number of aromatic nitrogens is 2. The number of hydrogen-bond donors (Lipinski definition) is 3. The molecule has 3 N–H and O–H groups in total. The van der Waals surface area contributed by atoms with Gasteiger partial charge < -0.3 is 15.7 Å². The summed E-state index contributed by atoms with van der Waals surface area (Å²) in [5.74, 6) is -1.67. The Morgan fingerprint density at radius 3 is 2.31 bits per heavy atom. The van der Waals surface area contributed by atoms with E-state index in [1.165, 1.54) is 18.3 Å². The fraction of sp³-hybridized carbons (Fsp3) is 0.235. The minimum Gasteiger partial charge on any atom is -0.480 e. The van der Waals surface area contributed by atoms with Crippen LogP contribution in [0.15, 0.2) is 67.0 Å². The van der Waals surface area contributed by atoms with Crippen LogP contribution in [0.4, 0.5) is 11.4 Å². The van der Waals surface area contributed by atoms with Crippen molar-refractivity contribution in [3.63, 3.8) is 0 Å². The highest BCUT2D eigenvalue weighted by atomic mass is 35.5. The molecule has 0 saturated carbocycles. The van der Waals surface area contributed by atoms with Crippen LogP contribution in [0.1, 0.15) is 67.3 Å². The van der Waals surface area contributed by atoms with Crippen LogP contribution in [0.2, 0.25) is 5.02 Å². The fourth-order valence-electron chi connectivity index (χ4n) is 5.43. The van der Waals surface area contributed by atoms with Gasteiger partial charge in [0.05, 0.1) is 10.7 Å². The molecule has 1 atom stereocenters. The van der Waals surface area contributed by atoms with Gasteiger partial charge in [-0.25, -0.2) is 0 Å². The van der Waals surface area contributed by atoms with Crippen molar-refractivity contribution in [3.8, 4) is 11.1 Å². The van der Waals surface area contributed by atoms with E-state index >= 15 is 0 Å². The van der Waals surface area contributed by atoms with Gasteiger partial charge in [-0.15, -0.1) is 0 Å². The van der Waals surface area contributed by atoms with Gasteiger partial charge in [-0.3, -0.25) is 34.0 Å². The fourth-order valence-corrected chi connectivity index (χ4v) is 5.71. The molecule has 4 aromatic rings. The largest absolute Gasteiger partial charge is 0.480 e. The first-order chi connectivity index (χ1) is 21.7. The van der Waals surface area contributed by atoms with E-state index in [0.29, 0.717) is 53.3 Å². The maximum Gasteiger partial charge on any atom is 0.320 e. The second-order valence-corrected chi connectivity index (χ2v) is 11.3. The Morgan fingerprint density at radius 2 is 1.62 bits per heavy atom. The summed E-state index contributed by atoms with van der Waals surface area (Å²) in [6.45, 7) is 4.93. The van der Waals surface area contributed by atoms with Gasteiger partial charge in [0, 0.05) is 35.8 Å². The molecule has 11 heteroatoms. The Bertz CT molecular complexity index is 1780. The first-order valence-electron chi connectivity index (χ1n) is 14.5. The molecule has 1 aliphatic rings. The highest BCUT2D eigenvalue weighted by Gasteiger charge is 2.28. The maximum atomic E-state index is 13.3. The molecule has 3 heterocycles. The minimum absolute atomic E-state index is 0.135. The summed E-state index contributed by atoms with van der Waals surface area (Å²) >= 11 is 6.76. The molecule has 10 nitrogen and oxygen atoms in total. The molecule has 5 rings (SSSR count). The number of likely N-dealkylation sites (tertiary alicyclic amines) is 1. The number of pyridine rings is 2. The third kappa shape index (κ3) is 7.08. The molecular formula is C34H32ClN5O5. The van der Waals surface area contributed by atoms with Gasteiger partial charge in [0.2, 0.25) is 0 Å². The highest BCUT2D eigenvalue weighted by molar-refractivity contribution is 6.36. The normalized spacial score (nSPS) is 14.9. The van der Waals surface area contributed by atoms with Crippen LogP contribution in [0.25, 0.3) is 11.1 Å². The number of anilines is 2. The molecule has 1 aliphatic heterocycles. The molecule has 0 aliphatic carbocycles. The summed E-state index contributed by atoms with van der Waals surface area (Å²) in [5.41, 5.74) is 5.61. The summed E-state index contributed by atoms with van der Waals surface area (Å²) in [6, 6.07) is 14.9. The molecule has 2 aromatic heterocycles. The summed E-state index contributed by atoms with van der Waals surface area (Å²) in [7, 11) is 0. The van der Waals surface area contributed by atoms with Crippen molar-refractivity contribution in [1.29, 1.82) is 0 Å². The van der Waals surface area contributed by atoms with Crippen molar-refractivity contribution in [2.24, 2.45) is 0 Å². The van der Waals surface area contributed by atoms with Crippen molar-refractivity contribution >= 4 is 47.0 Å². The molecule has 1 unspecified atom stereocenters. The standard InChI is InChI=1S/C34H32ClN5O5/c1-20-15-29(37-17-23(20)18-40-14-4-3-11-30(40)34(44)45)33(43)38-26-9-5-7-24(21(26)2)25-8-6-10-27(31(25)35)39-32(42)28-13-12-22(19-41)16-36-28/h5-10,12-13,15-17,19,30H,3-4,11,14,18H2,1-2H3,(H,38,43)(H,39,42)(H,44,45). The number of halogens is 1. The minimum atomic E-state index is -0.814. The zero-order chi connectivity index (χ0) is 32.1. The molecule has 2 aromatic carbocycles. The maximum absolute atomic E-state index is 13.3. The van der Waals surface area contributed by atoms with Crippen LogP contribution < -0.4 is 10.6 Å². The SMILES string of the molecule is Cc1cc(C(=O)Nc2cccc(-c3cccc(NC(=O)c4ccc(C=O)cn4)c3Cl)c2C)ncc1CN1CCCCC1C(=O)O. The van der Waals surface area contributed by atoms with Crippen molar-refractivity contribution in [3.05, 3.63) is 106 Å². The number of hydrogen-bond acceptors (Lipinski definition) is 7. The number of aldehydes is 1. The van der Waals surface area contributed by atoms with Crippen LogP contribution in [-0.4, -0.2) is 56.6 Å². The van der Waals surface area contributed by atoms with Crippen molar-refractivity contribution in [2.45, 2.75) is 45.7 Å². The van der Waals surface area contributed by atoms with Crippen LogP contribution >= 0.6 is 11.6 Å². The molecule has 2 amide bonds. The van der Waals surface area contributed by atoms with E-state index in [-0.39, 0.29) is 17.3 Å². The number of carboxylic acid groups (broad SMARTS) is 1. The van der Waals surface area contributed by atoms with E-state index in [1.54, 1.807) is 36.5 Å². The number of amides is 2. The summed E-state index contributed by atoms with van der Waals surface area (Å²) < 4.78 is 0. The lowest BCUT2D eigenvalue weighted by molar-refractivity contribution is -0.144. The molecule has 45 heavy (non-hydrogen) atoms. The van der Waals surface area contributed by atoms with E-state index in [9.17, 15) is 24.3 Å². The second-order valence-electron chi connectivity index (χ2n) is 11.0.